The molecule has 2 aromatic rings. The van der Waals surface area contributed by atoms with Crippen molar-refractivity contribution in [2.24, 2.45) is 0 Å². The van der Waals surface area contributed by atoms with Gasteiger partial charge in [-0.25, -0.2) is 0 Å². The number of aliphatic hydroxyl groups is 1. The van der Waals surface area contributed by atoms with Crippen molar-refractivity contribution < 1.29 is 5.11 Å². The lowest BCUT2D eigenvalue weighted by molar-refractivity contribution is 0.282. The molecule has 0 bridgehead atoms. The maximum Gasteiger partial charge on any atom is 0.0681 e. The molecule has 0 aliphatic heterocycles. The number of rotatable bonds is 4. The lowest BCUT2D eigenvalue weighted by atomic mass is 10.1. The summed E-state index contributed by atoms with van der Waals surface area (Å²) < 4.78 is 0. The maximum absolute atomic E-state index is 9.02. The molecule has 0 saturated carbocycles. The predicted molar refractivity (Wildman–Crippen MR) is 80.4 cm³/mol. The Labute approximate surface area is 118 Å². The number of hydrogen-bond donors (Lipinski definition) is 1. The summed E-state index contributed by atoms with van der Waals surface area (Å²) in [5.74, 6) is 0.991. The zero-order valence-corrected chi connectivity index (χ0v) is 11.7. The highest BCUT2D eigenvalue weighted by molar-refractivity contribution is 7.98. The molecule has 1 nitrogen and oxygen atoms in total. The fraction of sp³-hybridized carbons (Fsp3) is 0.294. The van der Waals surface area contributed by atoms with Gasteiger partial charge in [0.05, 0.1) is 6.61 Å². The van der Waals surface area contributed by atoms with Crippen LogP contribution in [0.2, 0.25) is 0 Å². The molecule has 0 radical (unpaired) electrons. The average Bonchev–Trinajstić information content (AvgIpc) is 2.93. The molecule has 98 valence electrons. The summed E-state index contributed by atoms with van der Waals surface area (Å²) in [7, 11) is 0. The van der Waals surface area contributed by atoms with Gasteiger partial charge in [-0.05, 0) is 53.6 Å². The molecule has 0 amide bonds. The van der Waals surface area contributed by atoms with Gasteiger partial charge in [-0.15, -0.1) is 11.8 Å². The summed E-state index contributed by atoms with van der Waals surface area (Å²) in [5.41, 5.74) is 5.37. The van der Waals surface area contributed by atoms with Gasteiger partial charge in [-0.3, -0.25) is 0 Å². The quantitative estimate of drug-likeness (QED) is 0.849. The summed E-state index contributed by atoms with van der Waals surface area (Å²) in [6.45, 7) is 0.123. The molecule has 0 atom stereocenters. The van der Waals surface area contributed by atoms with Gasteiger partial charge in [-0.1, -0.05) is 30.3 Å². The Balaban J connectivity index is 1.65. The summed E-state index contributed by atoms with van der Waals surface area (Å²) in [5, 5.41) is 9.02. The molecule has 0 spiro atoms. The van der Waals surface area contributed by atoms with Crippen LogP contribution < -0.4 is 0 Å². The van der Waals surface area contributed by atoms with Crippen LogP contribution in [0.25, 0.3) is 0 Å². The van der Waals surface area contributed by atoms with E-state index >= 15 is 0 Å². The molecule has 2 heteroatoms. The van der Waals surface area contributed by atoms with Gasteiger partial charge in [0.1, 0.15) is 0 Å². The number of thioether (sulfide) groups is 1. The van der Waals surface area contributed by atoms with Crippen LogP contribution in [0.5, 0.6) is 0 Å². The standard InChI is InChI=1S/C17H18OS/c18-11-13-4-6-14(7-5-13)12-19-17-9-8-15-2-1-3-16(15)10-17/h4-10,18H,1-3,11-12H2. The van der Waals surface area contributed by atoms with Crippen molar-refractivity contribution in [1.82, 2.24) is 0 Å². The molecule has 0 fully saturated rings. The maximum atomic E-state index is 9.02. The van der Waals surface area contributed by atoms with Gasteiger partial charge in [0, 0.05) is 10.6 Å². The fourth-order valence-corrected chi connectivity index (χ4v) is 3.46. The largest absolute Gasteiger partial charge is 0.392 e. The zero-order chi connectivity index (χ0) is 13.1. The normalized spacial score (nSPS) is 13.5. The van der Waals surface area contributed by atoms with Crippen molar-refractivity contribution in [3.05, 3.63) is 64.7 Å². The molecule has 3 rings (SSSR count). The monoisotopic (exact) mass is 270 g/mol. The second-order valence-electron chi connectivity index (χ2n) is 5.05. The van der Waals surface area contributed by atoms with E-state index < -0.39 is 0 Å². The molecule has 2 aromatic carbocycles. The molecule has 0 unspecified atom stereocenters. The number of aryl methyl sites for hydroxylation is 2. The minimum Gasteiger partial charge on any atom is -0.392 e. The molecule has 0 heterocycles. The highest BCUT2D eigenvalue weighted by Gasteiger charge is 2.10. The summed E-state index contributed by atoms with van der Waals surface area (Å²) in [6, 6.07) is 15.1. The van der Waals surface area contributed by atoms with E-state index in [4.69, 9.17) is 5.11 Å². The molecule has 1 aliphatic carbocycles. The number of aliphatic hydroxyl groups excluding tert-OH is 1. The highest BCUT2D eigenvalue weighted by atomic mass is 32.2. The first kappa shape index (κ1) is 12.8. The van der Waals surface area contributed by atoms with Crippen molar-refractivity contribution in [2.75, 3.05) is 0 Å². The summed E-state index contributed by atoms with van der Waals surface area (Å²) >= 11 is 1.89. The Hall–Kier alpha value is -1.25. The van der Waals surface area contributed by atoms with E-state index in [2.05, 4.69) is 30.3 Å². The number of fused-ring (bicyclic) bond motifs is 1. The summed E-state index contributed by atoms with van der Waals surface area (Å²) in [4.78, 5) is 1.37. The second-order valence-corrected chi connectivity index (χ2v) is 6.10. The molecular formula is C17H18OS. The Morgan fingerprint density at radius 3 is 2.42 bits per heavy atom. The van der Waals surface area contributed by atoms with Gasteiger partial charge in [0.15, 0.2) is 0 Å². The topological polar surface area (TPSA) is 20.2 Å². The molecule has 19 heavy (non-hydrogen) atoms. The van der Waals surface area contributed by atoms with E-state index in [0.29, 0.717) is 0 Å². The Morgan fingerprint density at radius 1 is 0.895 bits per heavy atom. The van der Waals surface area contributed by atoms with Gasteiger partial charge >= 0.3 is 0 Å². The van der Waals surface area contributed by atoms with E-state index in [1.165, 1.54) is 35.3 Å². The smallest absolute Gasteiger partial charge is 0.0681 e. The van der Waals surface area contributed by atoms with Gasteiger partial charge in [0.2, 0.25) is 0 Å². The first-order valence-corrected chi connectivity index (χ1v) is 7.77. The van der Waals surface area contributed by atoms with E-state index in [-0.39, 0.29) is 6.61 Å². The highest BCUT2D eigenvalue weighted by Crippen LogP contribution is 2.29. The van der Waals surface area contributed by atoms with E-state index in [0.717, 1.165) is 11.3 Å². The van der Waals surface area contributed by atoms with Crippen LogP contribution in [0.1, 0.15) is 28.7 Å². The average molecular weight is 270 g/mol. The summed E-state index contributed by atoms with van der Waals surface area (Å²) in [6.07, 6.45) is 3.81. The molecule has 1 N–H and O–H groups in total. The van der Waals surface area contributed by atoms with Crippen molar-refractivity contribution in [3.63, 3.8) is 0 Å². The molecular weight excluding hydrogens is 252 g/mol. The fourth-order valence-electron chi connectivity index (χ4n) is 2.55. The SMILES string of the molecule is OCc1ccc(CSc2ccc3c(c2)CCC3)cc1. The van der Waals surface area contributed by atoms with Crippen LogP contribution in [0.15, 0.2) is 47.4 Å². The first-order chi connectivity index (χ1) is 9.35. The predicted octanol–water partition coefficient (Wildman–Crippen LogP) is 3.96. The van der Waals surface area contributed by atoms with E-state index in [1.807, 2.05) is 23.9 Å². The zero-order valence-electron chi connectivity index (χ0n) is 10.9. The van der Waals surface area contributed by atoms with Crippen LogP contribution >= 0.6 is 11.8 Å². The number of hydrogen-bond acceptors (Lipinski definition) is 2. The molecule has 0 saturated heterocycles. The lowest BCUT2D eigenvalue weighted by Crippen LogP contribution is -1.86. The molecule has 0 aromatic heterocycles. The third-order valence-corrected chi connectivity index (χ3v) is 4.75. The van der Waals surface area contributed by atoms with Crippen molar-refractivity contribution in [3.8, 4) is 0 Å². The van der Waals surface area contributed by atoms with Crippen LogP contribution in [-0.2, 0) is 25.2 Å². The van der Waals surface area contributed by atoms with Crippen molar-refractivity contribution in [1.29, 1.82) is 0 Å². The van der Waals surface area contributed by atoms with Crippen LogP contribution in [-0.4, -0.2) is 5.11 Å². The van der Waals surface area contributed by atoms with Gasteiger partial charge in [-0.2, -0.15) is 0 Å². The number of benzene rings is 2. The van der Waals surface area contributed by atoms with Crippen LogP contribution in [0, 0.1) is 0 Å². The van der Waals surface area contributed by atoms with Gasteiger partial charge in [0.25, 0.3) is 0 Å². The van der Waals surface area contributed by atoms with E-state index in [9.17, 15) is 0 Å². The third kappa shape index (κ3) is 3.02. The van der Waals surface area contributed by atoms with Crippen molar-refractivity contribution in [2.45, 2.75) is 36.5 Å². The first-order valence-electron chi connectivity index (χ1n) is 6.78. The van der Waals surface area contributed by atoms with Gasteiger partial charge < -0.3 is 5.11 Å². The van der Waals surface area contributed by atoms with Crippen molar-refractivity contribution >= 4 is 11.8 Å². The minimum atomic E-state index is 0.123. The van der Waals surface area contributed by atoms with E-state index in [1.54, 1.807) is 5.56 Å². The Bertz CT molecular complexity index is 560. The Morgan fingerprint density at radius 2 is 1.63 bits per heavy atom. The molecule has 1 aliphatic rings. The lowest BCUT2D eigenvalue weighted by Gasteiger charge is -2.05. The third-order valence-electron chi connectivity index (χ3n) is 3.68. The van der Waals surface area contributed by atoms with Crippen LogP contribution in [0.3, 0.4) is 0 Å². The Kier molecular flexibility index (Phi) is 3.90. The minimum absolute atomic E-state index is 0.123. The second kappa shape index (κ2) is 5.81. The van der Waals surface area contributed by atoms with Crippen LogP contribution in [0.4, 0.5) is 0 Å².